The summed E-state index contributed by atoms with van der Waals surface area (Å²) in [7, 11) is 0. The molecular formula is C23H20Cl2FN3OS. The first-order valence-corrected chi connectivity index (χ1v) is 11.1. The maximum absolute atomic E-state index is 14.6. The van der Waals surface area contributed by atoms with Gasteiger partial charge in [0.2, 0.25) is 0 Å². The van der Waals surface area contributed by atoms with Crippen LogP contribution in [0.4, 0.5) is 4.39 Å². The number of halogens is 3. The molecule has 8 heteroatoms. The highest BCUT2D eigenvalue weighted by Gasteiger charge is 2.25. The minimum atomic E-state index is -1.15. The normalized spacial score (nSPS) is 11.8. The summed E-state index contributed by atoms with van der Waals surface area (Å²) in [6.07, 6.45) is 0. The van der Waals surface area contributed by atoms with Gasteiger partial charge in [0.1, 0.15) is 11.4 Å². The summed E-state index contributed by atoms with van der Waals surface area (Å²) < 4.78 is 16.3. The second-order valence-electron chi connectivity index (χ2n) is 7.60. The Kier molecular flexibility index (Phi) is 5.94. The number of benzene rings is 2. The van der Waals surface area contributed by atoms with E-state index < -0.39 is 11.4 Å². The summed E-state index contributed by atoms with van der Waals surface area (Å²) in [4.78, 5) is 1.50. The summed E-state index contributed by atoms with van der Waals surface area (Å²) in [6.45, 7) is 3.56. The second kappa shape index (κ2) is 8.37. The molecule has 2 heterocycles. The number of aliphatic hydroxyl groups is 1. The summed E-state index contributed by atoms with van der Waals surface area (Å²) >= 11 is 14.2. The van der Waals surface area contributed by atoms with E-state index in [9.17, 15) is 9.50 Å². The van der Waals surface area contributed by atoms with Crippen LogP contribution < -0.4 is 5.73 Å². The molecule has 4 aromatic rings. The van der Waals surface area contributed by atoms with E-state index >= 15 is 0 Å². The van der Waals surface area contributed by atoms with Crippen LogP contribution in [0.3, 0.4) is 0 Å². The maximum atomic E-state index is 14.6. The fourth-order valence-electron chi connectivity index (χ4n) is 3.25. The molecule has 0 fully saturated rings. The molecule has 0 saturated heterocycles. The molecule has 0 aliphatic carbocycles. The number of hydrogen-bond donors (Lipinski definition) is 2. The van der Waals surface area contributed by atoms with Gasteiger partial charge >= 0.3 is 0 Å². The monoisotopic (exact) mass is 475 g/mol. The molecule has 0 spiro atoms. The SMILES string of the molecule is CC(C)(O)c1cc(-c2ccc(-c3c(F)ccc(CN)c3Cl)s2)n(-c2ccccc2Cl)n1. The van der Waals surface area contributed by atoms with E-state index in [-0.39, 0.29) is 6.54 Å². The molecule has 0 amide bonds. The summed E-state index contributed by atoms with van der Waals surface area (Å²) in [5.41, 5.74) is 7.49. The Morgan fingerprint density at radius 3 is 2.48 bits per heavy atom. The van der Waals surface area contributed by atoms with Gasteiger partial charge in [0.15, 0.2) is 0 Å². The Hall–Kier alpha value is -2.22. The average Bonchev–Trinajstić information content (AvgIpc) is 3.36. The molecule has 160 valence electrons. The molecule has 2 aromatic carbocycles. The molecule has 4 nitrogen and oxygen atoms in total. The third-order valence-corrected chi connectivity index (χ3v) is 6.79. The van der Waals surface area contributed by atoms with Gasteiger partial charge in [-0.3, -0.25) is 0 Å². The topological polar surface area (TPSA) is 64.1 Å². The van der Waals surface area contributed by atoms with Crippen molar-refractivity contribution in [1.29, 1.82) is 0 Å². The van der Waals surface area contributed by atoms with Gasteiger partial charge in [0, 0.05) is 17.0 Å². The lowest BCUT2D eigenvalue weighted by Crippen LogP contribution is -2.16. The highest BCUT2D eigenvalue weighted by atomic mass is 35.5. The largest absolute Gasteiger partial charge is 0.384 e. The van der Waals surface area contributed by atoms with Gasteiger partial charge < -0.3 is 10.8 Å². The first-order chi connectivity index (χ1) is 14.7. The Bertz CT molecular complexity index is 1260. The fraction of sp³-hybridized carbons (Fsp3) is 0.174. The van der Waals surface area contributed by atoms with Crippen molar-refractivity contribution in [1.82, 2.24) is 9.78 Å². The van der Waals surface area contributed by atoms with Crippen LogP contribution in [0.5, 0.6) is 0 Å². The summed E-state index contributed by atoms with van der Waals surface area (Å²) in [5.74, 6) is -0.410. The highest BCUT2D eigenvalue weighted by molar-refractivity contribution is 7.18. The Balaban J connectivity index is 1.88. The zero-order chi connectivity index (χ0) is 22.3. The van der Waals surface area contributed by atoms with Crippen LogP contribution in [0.25, 0.3) is 26.7 Å². The van der Waals surface area contributed by atoms with Crippen molar-refractivity contribution < 1.29 is 9.50 Å². The Labute approximate surface area is 193 Å². The van der Waals surface area contributed by atoms with E-state index in [0.717, 1.165) is 10.6 Å². The Morgan fingerprint density at radius 1 is 1.10 bits per heavy atom. The average molecular weight is 476 g/mol. The van der Waals surface area contributed by atoms with Crippen molar-refractivity contribution in [3.63, 3.8) is 0 Å². The maximum Gasteiger partial charge on any atom is 0.133 e. The predicted octanol–water partition coefficient (Wildman–Crippen LogP) is 6.40. The van der Waals surface area contributed by atoms with Crippen LogP contribution in [0.15, 0.2) is 54.6 Å². The number of para-hydroxylation sites is 1. The molecule has 0 bridgehead atoms. The van der Waals surface area contributed by atoms with E-state index in [1.165, 1.54) is 17.4 Å². The van der Waals surface area contributed by atoms with Crippen LogP contribution in [0.1, 0.15) is 25.1 Å². The standard InChI is InChI=1S/C23H20Cl2FN3OS/c1-23(2,30)20-11-17(29(28-20)16-6-4-3-5-14(16)24)18-9-10-19(31-18)21-15(26)8-7-13(12-27)22(21)25/h3-11,30H,12,27H2,1-2H3. The van der Waals surface area contributed by atoms with Crippen molar-refractivity contribution in [2.24, 2.45) is 5.73 Å². The lowest BCUT2D eigenvalue weighted by molar-refractivity contribution is 0.0734. The molecule has 0 atom stereocenters. The first kappa shape index (κ1) is 22.0. The van der Waals surface area contributed by atoms with Crippen molar-refractivity contribution in [3.05, 3.63) is 81.7 Å². The molecule has 2 aromatic heterocycles. The van der Waals surface area contributed by atoms with Crippen LogP contribution in [0, 0.1) is 5.82 Å². The zero-order valence-electron chi connectivity index (χ0n) is 16.9. The van der Waals surface area contributed by atoms with Gasteiger partial charge in [-0.25, -0.2) is 9.07 Å². The molecule has 31 heavy (non-hydrogen) atoms. The second-order valence-corrected chi connectivity index (χ2v) is 9.47. The number of thiophene rings is 1. The van der Waals surface area contributed by atoms with Crippen molar-refractivity contribution in [2.45, 2.75) is 26.0 Å². The van der Waals surface area contributed by atoms with E-state index in [2.05, 4.69) is 5.10 Å². The molecule has 0 aliphatic rings. The minimum Gasteiger partial charge on any atom is -0.384 e. The molecule has 0 aliphatic heterocycles. The predicted molar refractivity (Wildman–Crippen MR) is 125 cm³/mol. The summed E-state index contributed by atoms with van der Waals surface area (Å²) in [5, 5.41) is 16.0. The van der Waals surface area contributed by atoms with E-state index in [1.807, 2.05) is 36.4 Å². The molecule has 0 unspecified atom stereocenters. The van der Waals surface area contributed by atoms with E-state index in [4.69, 9.17) is 28.9 Å². The molecular weight excluding hydrogens is 456 g/mol. The van der Waals surface area contributed by atoms with Crippen LogP contribution >= 0.6 is 34.5 Å². The quantitative estimate of drug-likeness (QED) is 0.350. The van der Waals surface area contributed by atoms with Crippen LogP contribution in [-0.4, -0.2) is 14.9 Å². The smallest absolute Gasteiger partial charge is 0.133 e. The van der Waals surface area contributed by atoms with Crippen LogP contribution in [-0.2, 0) is 12.1 Å². The zero-order valence-corrected chi connectivity index (χ0v) is 19.2. The third kappa shape index (κ3) is 4.14. The van der Waals surface area contributed by atoms with Gasteiger partial charge in [0.25, 0.3) is 0 Å². The number of rotatable bonds is 5. The van der Waals surface area contributed by atoms with Crippen LogP contribution in [0.2, 0.25) is 10.0 Å². The van der Waals surface area contributed by atoms with Gasteiger partial charge in [-0.15, -0.1) is 11.3 Å². The van der Waals surface area contributed by atoms with Gasteiger partial charge in [-0.2, -0.15) is 5.10 Å². The van der Waals surface area contributed by atoms with E-state index in [0.29, 0.717) is 37.4 Å². The lowest BCUT2D eigenvalue weighted by atomic mass is 10.1. The lowest BCUT2D eigenvalue weighted by Gasteiger charge is -2.13. The highest BCUT2D eigenvalue weighted by Crippen LogP contribution is 2.41. The van der Waals surface area contributed by atoms with Crippen molar-refractivity contribution in [3.8, 4) is 26.7 Å². The fourth-order valence-corrected chi connectivity index (χ4v) is 4.92. The first-order valence-electron chi connectivity index (χ1n) is 9.56. The number of aromatic nitrogens is 2. The number of nitrogens with zero attached hydrogens (tertiary/aromatic N) is 2. The van der Waals surface area contributed by atoms with Gasteiger partial charge in [-0.05, 0) is 55.8 Å². The third-order valence-electron chi connectivity index (χ3n) is 4.91. The van der Waals surface area contributed by atoms with Gasteiger partial charge in [0.05, 0.1) is 32.0 Å². The van der Waals surface area contributed by atoms with Crippen molar-refractivity contribution in [2.75, 3.05) is 0 Å². The molecule has 0 saturated carbocycles. The molecule has 4 rings (SSSR count). The number of nitrogens with two attached hydrogens (primary N) is 1. The number of hydrogen-bond acceptors (Lipinski definition) is 4. The van der Waals surface area contributed by atoms with E-state index in [1.54, 1.807) is 30.7 Å². The molecule has 3 N–H and O–H groups in total. The summed E-state index contributed by atoms with van der Waals surface area (Å²) in [6, 6.07) is 15.8. The van der Waals surface area contributed by atoms with Crippen molar-refractivity contribution >= 4 is 34.5 Å². The minimum absolute atomic E-state index is 0.221. The molecule has 0 radical (unpaired) electrons. The Morgan fingerprint density at radius 2 is 1.81 bits per heavy atom. The van der Waals surface area contributed by atoms with Gasteiger partial charge in [-0.1, -0.05) is 41.4 Å².